The lowest BCUT2D eigenvalue weighted by Crippen LogP contribution is -2.47. The van der Waals surface area contributed by atoms with Crippen LogP contribution in [0.15, 0.2) is 0 Å². The predicted octanol–water partition coefficient (Wildman–Crippen LogP) is 0.00680. The van der Waals surface area contributed by atoms with Crippen molar-refractivity contribution in [3.63, 3.8) is 0 Å². The van der Waals surface area contributed by atoms with Gasteiger partial charge in [0.15, 0.2) is 0 Å². The normalized spacial score (nSPS) is 11.9. The second-order valence-electron chi connectivity index (χ2n) is 3.33. The summed E-state index contributed by atoms with van der Waals surface area (Å²) in [6.07, 6.45) is 3.09. The first-order valence-electron chi connectivity index (χ1n) is 5.16. The first-order chi connectivity index (χ1) is 7.61. The molecule has 0 aromatic heterocycles. The van der Waals surface area contributed by atoms with E-state index >= 15 is 0 Å². The van der Waals surface area contributed by atoms with Crippen LogP contribution in [0.5, 0.6) is 0 Å². The van der Waals surface area contributed by atoms with E-state index in [-0.39, 0.29) is 5.91 Å². The largest absolute Gasteiger partial charge is 0.467 e. The molecule has 0 aliphatic carbocycles. The predicted molar refractivity (Wildman–Crippen MR) is 65.5 cm³/mol. The standard InChI is InChI=1S/C10H20N2O3S/c1-8(13)12-9(10(14)15-2)7-11-5-4-6-16-3/h9,11H,4-7H2,1-3H3,(H,12,13). The molecule has 0 aliphatic heterocycles. The SMILES string of the molecule is COC(=O)C(CNCCCSC)NC(C)=O. The van der Waals surface area contributed by atoms with E-state index in [1.807, 2.05) is 0 Å². The molecule has 0 aromatic rings. The number of amides is 1. The Bertz CT molecular complexity index is 224. The summed E-state index contributed by atoms with van der Waals surface area (Å²) in [5.41, 5.74) is 0. The third kappa shape index (κ3) is 7.53. The van der Waals surface area contributed by atoms with Gasteiger partial charge in [-0.1, -0.05) is 0 Å². The van der Waals surface area contributed by atoms with Gasteiger partial charge in [-0.3, -0.25) is 4.79 Å². The molecule has 0 radical (unpaired) electrons. The quantitative estimate of drug-likeness (QED) is 0.468. The minimum absolute atomic E-state index is 0.235. The lowest BCUT2D eigenvalue weighted by molar-refractivity contribution is -0.144. The fourth-order valence-electron chi connectivity index (χ4n) is 1.17. The van der Waals surface area contributed by atoms with Crippen molar-refractivity contribution in [1.82, 2.24) is 10.6 Å². The van der Waals surface area contributed by atoms with E-state index in [4.69, 9.17) is 0 Å². The van der Waals surface area contributed by atoms with Gasteiger partial charge in [0.05, 0.1) is 7.11 Å². The van der Waals surface area contributed by atoms with Gasteiger partial charge >= 0.3 is 5.97 Å². The molecule has 1 amide bonds. The maximum Gasteiger partial charge on any atom is 0.329 e. The Hall–Kier alpha value is -0.750. The monoisotopic (exact) mass is 248 g/mol. The van der Waals surface area contributed by atoms with Crippen molar-refractivity contribution < 1.29 is 14.3 Å². The van der Waals surface area contributed by atoms with Crippen molar-refractivity contribution >= 4 is 23.6 Å². The van der Waals surface area contributed by atoms with E-state index in [0.717, 1.165) is 18.7 Å². The van der Waals surface area contributed by atoms with Crippen LogP contribution in [-0.4, -0.2) is 50.1 Å². The van der Waals surface area contributed by atoms with Crippen LogP contribution in [0, 0.1) is 0 Å². The smallest absolute Gasteiger partial charge is 0.329 e. The molecule has 2 N–H and O–H groups in total. The highest BCUT2D eigenvalue weighted by Gasteiger charge is 2.18. The van der Waals surface area contributed by atoms with E-state index < -0.39 is 12.0 Å². The Kier molecular flexibility index (Phi) is 9.03. The lowest BCUT2D eigenvalue weighted by atomic mass is 10.3. The number of thioether (sulfide) groups is 1. The molecule has 0 fully saturated rings. The summed E-state index contributed by atoms with van der Waals surface area (Å²) in [7, 11) is 1.31. The minimum atomic E-state index is -0.600. The van der Waals surface area contributed by atoms with E-state index in [1.54, 1.807) is 11.8 Å². The first kappa shape index (κ1) is 15.2. The van der Waals surface area contributed by atoms with Crippen LogP contribution < -0.4 is 10.6 Å². The molecule has 0 bridgehead atoms. The van der Waals surface area contributed by atoms with Gasteiger partial charge in [-0.2, -0.15) is 11.8 Å². The molecule has 16 heavy (non-hydrogen) atoms. The molecule has 0 heterocycles. The summed E-state index contributed by atoms with van der Waals surface area (Å²) in [5, 5.41) is 5.65. The fourth-order valence-corrected chi connectivity index (χ4v) is 1.60. The van der Waals surface area contributed by atoms with Gasteiger partial charge in [-0.25, -0.2) is 4.79 Å². The highest BCUT2D eigenvalue weighted by molar-refractivity contribution is 7.98. The number of nitrogens with one attached hydrogen (secondary N) is 2. The maximum atomic E-state index is 11.3. The van der Waals surface area contributed by atoms with Crippen LogP contribution in [0.2, 0.25) is 0 Å². The van der Waals surface area contributed by atoms with Crippen LogP contribution in [0.1, 0.15) is 13.3 Å². The molecule has 1 unspecified atom stereocenters. The minimum Gasteiger partial charge on any atom is -0.467 e. The summed E-state index contributed by atoms with van der Waals surface area (Å²) < 4.78 is 4.59. The van der Waals surface area contributed by atoms with Crippen molar-refractivity contribution in [1.29, 1.82) is 0 Å². The summed E-state index contributed by atoms with van der Waals surface area (Å²) in [5.74, 6) is 0.421. The number of rotatable bonds is 8. The zero-order valence-electron chi connectivity index (χ0n) is 10.0. The average Bonchev–Trinajstić information content (AvgIpc) is 2.25. The zero-order chi connectivity index (χ0) is 12.4. The van der Waals surface area contributed by atoms with Crippen LogP contribution in [0.4, 0.5) is 0 Å². The molecule has 0 saturated carbocycles. The Morgan fingerprint density at radius 1 is 1.44 bits per heavy atom. The van der Waals surface area contributed by atoms with E-state index in [1.165, 1.54) is 14.0 Å². The van der Waals surface area contributed by atoms with Crippen molar-refractivity contribution in [2.24, 2.45) is 0 Å². The van der Waals surface area contributed by atoms with Gasteiger partial charge in [-0.05, 0) is 25.0 Å². The second kappa shape index (κ2) is 9.47. The molecular formula is C10H20N2O3S. The van der Waals surface area contributed by atoms with Crippen LogP contribution in [0.3, 0.4) is 0 Å². The Morgan fingerprint density at radius 3 is 2.62 bits per heavy atom. The Balaban J connectivity index is 3.83. The molecular weight excluding hydrogens is 228 g/mol. The molecule has 1 atom stereocenters. The van der Waals surface area contributed by atoms with Gasteiger partial charge in [0.25, 0.3) is 0 Å². The van der Waals surface area contributed by atoms with Crippen molar-refractivity contribution in [3.8, 4) is 0 Å². The molecule has 0 aromatic carbocycles. The number of carbonyl (C=O) groups excluding carboxylic acids is 2. The fraction of sp³-hybridized carbons (Fsp3) is 0.800. The highest BCUT2D eigenvalue weighted by atomic mass is 32.2. The van der Waals surface area contributed by atoms with E-state index in [0.29, 0.717) is 6.54 Å². The molecule has 0 saturated heterocycles. The van der Waals surface area contributed by atoms with Gasteiger partial charge in [0.2, 0.25) is 5.91 Å². The first-order valence-corrected chi connectivity index (χ1v) is 6.55. The highest BCUT2D eigenvalue weighted by Crippen LogP contribution is 1.93. The van der Waals surface area contributed by atoms with Gasteiger partial charge in [0.1, 0.15) is 6.04 Å². The summed E-state index contributed by atoms with van der Waals surface area (Å²) in [6, 6.07) is -0.600. The summed E-state index contributed by atoms with van der Waals surface area (Å²) >= 11 is 1.78. The molecule has 94 valence electrons. The van der Waals surface area contributed by atoms with E-state index in [9.17, 15) is 9.59 Å². The molecule has 0 rings (SSSR count). The third-order valence-electron chi connectivity index (χ3n) is 1.91. The van der Waals surface area contributed by atoms with Crippen molar-refractivity contribution in [3.05, 3.63) is 0 Å². The average molecular weight is 248 g/mol. The number of ether oxygens (including phenoxy) is 1. The van der Waals surface area contributed by atoms with Crippen LogP contribution in [0.25, 0.3) is 0 Å². The number of hydrogen-bond acceptors (Lipinski definition) is 5. The summed E-state index contributed by atoms with van der Waals surface area (Å²) in [4.78, 5) is 22.1. The molecule has 5 nitrogen and oxygen atoms in total. The van der Waals surface area contributed by atoms with Crippen molar-refractivity contribution in [2.75, 3.05) is 32.2 Å². The van der Waals surface area contributed by atoms with Gasteiger partial charge in [-0.15, -0.1) is 0 Å². The summed E-state index contributed by atoms with van der Waals surface area (Å²) in [6.45, 7) is 2.61. The number of carbonyl (C=O) groups is 2. The van der Waals surface area contributed by atoms with Crippen LogP contribution in [-0.2, 0) is 14.3 Å². The lowest BCUT2D eigenvalue weighted by Gasteiger charge is -2.15. The number of esters is 1. The van der Waals surface area contributed by atoms with Crippen molar-refractivity contribution in [2.45, 2.75) is 19.4 Å². The molecule has 0 spiro atoms. The van der Waals surface area contributed by atoms with Crippen LogP contribution >= 0.6 is 11.8 Å². The number of hydrogen-bond donors (Lipinski definition) is 2. The Labute approximate surface area is 101 Å². The second-order valence-corrected chi connectivity index (χ2v) is 4.31. The van der Waals surface area contributed by atoms with Gasteiger partial charge in [0, 0.05) is 13.5 Å². The third-order valence-corrected chi connectivity index (χ3v) is 2.61. The molecule has 6 heteroatoms. The van der Waals surface area contributed by atoms with E-state index in [2.05, 4.69) is 21.6 Å². The zero-order valence-corrected chi connectivity index (χ0v) is 10.9. The maximum absolute atomic E-state index is 11.3. The molecule has 0 aliphatic rings. The topological polar surface area (TPSA) is 67.4 Å². The number of methoxy groups -OCH3 is 1. The Morgan fingerprint density at radius 2 is 2.12 bits per heavy atom. The van der Waals surface area contributed by atoms with Gasteiger partial charge < -0.3 is 15.4 Å².